The largest absolute Gasteiger partial charge is 0.486 e. The monoisotopic (exact) mass is 355 g/mol. The Morgan fingerprint density at radius 2 is 2.12 bits per heavy atom. The summed E-state index contributed by atoms with van der Waals surface area (Å²) in [5, 5.41) is 7.17. The van der Waals surface area contributed by atoms with E-state index in [1.807, 2.05) is 19.1 Å². The number of hydrogen-bond donors (Lipinski definition) is 1. The Hall–Kier alpha value is -3.09. The summed E-state index contributed by atoms with van der Waals surface area (Å²) >= 11 is 0. The number of nitrogens with zero attached hydrogens (tertiary/aromatic N) is 2. The van der Waals surface area contributed by atoms with Crippen LogP contribution in [0, 0.1) is 0 Å². The fraction of sp³-hybridized carbons (Fsp3) is 0.316. The number of aromatic nitrogens is 2. The zero-order valence-corrected chi connectivity index (χ0v) is 14.9. The predicted octanol–water partition coefficient (Wildman–Crippen LogP) is 1.58. The van der Waals surface area contributed by atoms with Crippen molar-refractivity contribution in [2.45, 2.75) is 19.9 Å². The summed E-state index contributed by atoms with van der Waals surface area (Å²) in [4.78, 5) is 23.8. The summed E-state index contributed by atoms with van der Waals surface area (Å²) in [7, 11) is 1.62. The van der Waals surface area contributed by atoms with E-state index < -0.39 is 0 Å². The highest BCUT2D eigenvalue weighted by Gasteiger charge is 2.23. The minimum atomic E-state index is -0.270. The van der Waals surface area contributed by atoms with Crippen LogP contribution in [0.25, 0.3) is 11.3 Å². The second-order valence-corrected chi connectivity index (χ2v) is 5.88. The zero-order chi connectivity index (χ0) is 18.7. The quantitative estimate of drug-likeness (QED) is 0.824. The summed E-state index contributed by atoms with van der Waals surface area (Å²) in [5.41, 5.74) is 2.68. The molecule has 1 aromatic heterocycles. The number of fused-ring (bicyclic) bond motifs is 1. The van der Waals surface area contributed by atoms with E-state index in [9.17, 15) is 9.59 Å². The lowest BCUT2D eigenvalue weighted by molar-refractivity contribution is -0.116. The van der Waals surface area contributed by atoms with E-state index in [0.29, 0.717) is 42.4 Å². The first-order chi connectivity index (χ1) is 12.5. The molecule has 0 unspecified atom stereocenters. The van der Waals surface area contributed by atoms with Crippen LogP contribution in [-0.2, 0) is 24.8 Å². The maximum absolute atomic E-state index is 12.2. The molecule has 1 aliphatic rings. The van der Waals surface area contributed by atoms with Crippen LogP contribution >= 0.6 is 0 Å². The molecule has 7 nitrogen and oxygen atoms in total. The van der Waals surface area contributed by atoms with Crippen molar-refractivity contribution >= 4 is 5.91 Å². The summed E-state index contributed by atoms with van der Waals surface area (Å²) < 4.78 is 12.8. The summed E-state index contributed by atoms with van der Waals surface area (Å²) in [6, 6.07) is 5.45. The molecule has 2 aromatic rings. The highest BCUT2D eigenvalue weighted by molar-refractivity contribution is 5.87. The fourth-order valence-electron chi connectivity index (χ4n) is 2.89. The van der Waals surface area contributed by atoms with E-state index in [4.69, 9.17) is 9.47 Å². The first kappa shape index (κ1) is 17.7. The highest BCUT2D eigenvalue weighted by Crippen LogP contribution is 2.41. The molecule has 0 spiro atoms. The molecule has 0 bridgehead atoms. The van der Waals surface area contributed by atoms with Crippen LogP contribution in [0.15, 0.2) is 35.6 Å². The van der Waals surface area contributed by atoms with Gasteiger partial charge in [0.25, 0.3) is 5.56 Å². The molecule has 2 heterocycles. The Balaban J connectivity index is 2.17. The van der Waals surface area contributed by atoms with Gasteiger partial charge in [0.2, 0.25) is 5.91 Å². The van der Waals surface area contributed by atoms with Gasteiger partial charge in [0.05, 0.1) is 11.3 Å². The average molecular weight is 355 g/mol. The first-order valence-corrected chi connectivity index (χ1v) is 8.44. The van der Waals surface area contributed by atoms with Crippen molar-refractivity contribution in [3.8, 4) is 22.8 Å². The van der Waals surface area contributed by atoms with Crippen LogP contribution < -0.4 is 20.3 Å². The van der Waals surface area contributed by atoms with Crippen LogP contribution in [0.3, 0.4) is 0 Å². The second-order valence-electron chi connectivity index (χ2n) is 5.88. The van der Waals surface area contributed by atoms with Crippen LogP contribution in [0.2, 0.25) is 0 Å². The molecule has 0 atom stereocenters. The van der Waals surface area contributed by atoms with Crippen molar-refractivity contribution < 1.29 is 14.3 Å². The third kappa shape index (κ3) is 3.33. The number of carbonyl (C=O) groups excluding carboxylic acids is 1. The van der Waals surface area contributed by atoms with Crippen molar-refractivity contribution in [3.05, 3.63) is 52.3 Å². The van der Waals surface area contributed by atoms with Gasteiger partial charge in [-0.25, -0.2) is 4.68 Å². The Kier molecular flexibility index (Phi) is 5.06. The molecule has 0 aliphatic carbocycles. The predicted molar refractivity (Wildman–Crippen MR) is 97.3 cm³/mol. The summed E-state index contributed by atoms with van der Waals surface area (Å²) in [6.45, 7) is 6.56. The molecule has 26 heavy (non-hydrogen) atoms. The number of amides is 1. The van der Waals surface area contributed by atoms with Crippen molar-refractivity contribution in [3.63, 3.8) is 0 Å². The smallest absolute Gasteiger partial charge is 0.269 e. The van der Waals surface area contributed by atoms with Gasteiger partial charge in [0.15, 0.2) is 11.5 Å². The Morgan fingerprint density at radius 1 is 1.35 bits per heavy atom. The molecule has 1 aliphatic heterocycles. The van der Waals surface area contributed by atoms with E-state index in [2.05, 4.69) is 17.0 Å². The first-order valence-electron chi connectivity index (χ1n) is 8.44. The van der Waals surface area contributed by atoms with Crippen molar-refractivity contribution in [2.24, 2.45) is 7.05 Å². The van der Waals surface area contributed by atoms with Gasteiger partial charge in [-0.1, -0.05) is 19.6 Å². The molecule has 0 saturated heterocycles. The molecule has 136 valence electrons. The Morgan fingerprint density at radius 3 is 2.85 bits per heavy atom. The van der Waals surface area contributed by atoms with Gasteiger partial charge in [-0.15, -0.1) is 0 Å². The van der Waals surface area contributed by atoms with E-state index in [-0.39, 0.29) is 18.0 Å². The normalized spacial score (nSPS) is 12.5. The van der Waals surface area contributed by atoms with E-state index in [0.717, 1.165) is 11.1 Å². The van der Waals surface area contributed by atoms with Gasteiger partial charge in [-0.05, 0) is 30.2 Å². The number of benzene rings is 1. The average Bonchev–Trinajstić information content (AvgIpc) is 2.67. The van der Waals surface area contributed by atoms with Crippen molar-refractivity contribution in [1.29, 1.82) is 0 Å². The minimum Gasteiger partial charge on any atom is -0.486 e. The van der Waals surface area contributed by atoms with Crippen LogP contribution in [0.5, 0.6) is 11.5 Å². The van der Waals surface area contributed by atoms with Gasteiger partial charge < -0.3 is 14.8 Å². The topological polar surface area (TPSA) is 82.5 Å². The molecule has 0 fully saturated rings. The third-order valence-corrected chi connectivity index (χ3v) is 4.21. The molecule has 1 amide bonds. The highest BCUT2D eigenvalue weighted by atomic mass is 16.6. The number of hydrogen-bond acceptors (Lipinski definition) is 5. The number of nitrogens with one attached hydrogen (secondary N) is 1. The summed E-state index contributed by atoms with van der Waals surface area (Å²) in [5.74, 6) is 0.932. The molecule has 0 radical (unpaired) electrons. The Bertz CT molecular complexity index is 918. The van der Waals surface area contributed by atoms with Crippen LogP contribution in [-0.4, -0.2) is 28.9 Å². The Labute approximate surface area is 151 Å². The fourth-order valence-corrected chi connectivity index (χ4v) is 2.89. The zero-order valence-electron chi connectivity index (χ0n) is 14.9. The second kappa shape index (κ2) is 7.43. The maximum atomic E-state index is 12.2. The van der Waals surface area contributed by atoms with Gasteiger partial charge >= 0.3 is 0 Å². The molecule has 0 saturated carbocycles. The SMILES string of the molecule is C=CC(=O)NCc1ccc2c(c1-c1cc(CC)c(=O)n(C)n1)OCCO2. The number of ether oxygens (including phenoxy) is 2. The number of rotatable bonds is 5. The molecule has 7 heteroatoms. The maximum Gasteiger partial charge on any atom is 0.269 e. The molecule has 3 rings (SSSR count). The lowest BCUT2D eigenvalue weighted by Gasteiger charge is -2.23. The van der Waals surface area contributed by atoms with Gasteiger partial charge in [0, 0.05) is 19.2 Å². The lowest BCUT2D eigenvalue weighted by Crippen LogP contribution is -2.25. The number of carbonyl (C=O) groups is 1. The van der Waals surface area contributed by atoms with E-state index in [1.165, 1.54) is 10.8 Å². The van der Waals surface area contributed by atoms with Crippen molar-refractivity contribution in [1.82, 2.24) is 15.1 Å². The lowest BCUT2D eigenvalue weighted by atomic mass is 10.00. The number of aryl methyl sites for hydroxylation is 2. The van der Waals surface area contributed by atoms with Gasteiger partial charge in [-0.3, -0.25) is 9.59 Å². The van der Waals surface area contributed by atoms with Gasteiger partial charge in [-0.2, -0.15) is 5.10 Å². The van der Waals surface area contributed by atoms with Gasteiger partial charge in [0.1, 0.15) is 13.2 Å². The standard InChI is InChI=1S/C19H21N3O4/c1-4-12-10-14(21-22(3)19(12)24)17-13(11-20-16(23)5-2)6-7-15-18(17)26-9-8-25-15/h5-7,10H,2,4,8-9,11H2,1,3H3,(H,20,23). The third-order valence-electron chi connectivity index (χ3n) is 4.21. The van der Waals surface area contributed by atoms with Crippen LogP contribution in [0.1, 0.15) is 18.1 Å². The van der Waals surface area contributed by atoms with Crippen molar-refractivity contribution in [2.75, 3.05) is 13.2 Å². The molecular weight excluding hydrogens is 334 g/mol. The molecule has 1 N–H and O–H groups in total. The molecule has 1 aromatic carbocycles. The molecular formula is C19H21N3O4. The van der Waals surface area contributed by atoms with E-state index in [1.54, 1.807) is 13.1 Å². The summed E-state index contributed by atoms with van der Waals surface area (Å²) in [6.07, 6.45) is 1.81. The van der Waals surface area contributed by atoms with Crippen LogP contribution in [0.4, 0.5) is 0 Å². The minimum absolute atomic E-state index is 0.125. The van der Waals surface area contributed by atoms with E-state index >= 15 is 0 Å².